The number of nitrogens with one attached hydrogen (secondary N) is 1. The van der Waals surface area contributed by atoms with Crippen LogP contribution in [0.1, 0.15) is 5.69 Å². The fourth-order valence-electron chi connectivity index (χ4n) is 1.22. The molecule has 4 nitrogen and oxygen atoms in total. The van der Waals surface area contributed by atoms with Crippen molar-refractivity contribution in [2.45, 2.75) is 0 Å². The molecule has 0 saturated heterocycles. The fourth-order valence-corrected chi connectivity index (χ4v) is 1.78. The standard InChI is InChI=1S/C11H10Br2N4/c1-17-7-6-10(16-17)11(13)15-14-9-4-2-8(12)3-5-9/h2-7,14H,1H3. The van der Waals surface area contributed by atoms with Crippen LogP contribution in [0.2, 0.25) is 0 Å². The molecule has 0 atom stereocenters. The molecular weight excluding hydrogens is 348 g/mol. The van der Waals surface area contributed by atoms with E-state index in [4.69, 9.17) is 0 Å². The fraction of sp³-hybridized carbons (Fsp3) is 0.0909. The second-order valence-corrected chi connectivity index (χ2v) is 5.06. The molecule has 0 aliphatic heterocycles. The number of hydrogen-bond acceptors (Lipinski definition) is 3. The normalized spacial score (nSPS) is 11.6. The van der Waals surface area contributed by atoms with Crippen LogP contribution in [0, 0.1) is 0 Å². The zero-order chi connectivity index (χ0) is 12.3. The summed E-state index contributed by atoms with van der Waals surface area (Å²) >= 11 is 6.75. The lowest BCUT2D eigenvalue weighted by molar-refractivity contribution is 0.765. The number of rotatable bonds is 3. The van der Waals surface area contributed by atoms with Crippen LogP contribution < -0.4 is 5.43 Å². The van der Waals surface area contributed by atoms with E-state index < -0.39 is 0 Å². The maximum absolute atomic E-state index is 4.23. The summed E-state index contributed by atoms with van der Waals surface area (Å²) in [7, 11) is 1.87. The summed E-state index contributed by atoms with van der Waals surface area (Å²) < 4.78 is 3.43. The number of anilines is 1. The summed E-state index contributed by atoms with van der Waals surface area (Å²) in [4.78, 5) is 0. The third kappa shape index (κ3) is 3.41. The van der Waals surface area contributed by atoms with Gasteiger partial charge in [-0.15, -0.1) is 0 Å². The largest absolute Gasteiger partial charge is 0.277 e. The Morgan fingerprint density at radius 2 is 2.00 bits per heavy atom. The van der Waals surface area contributed by atoms with E-state index in [0.29, 0.717) is 4.62 Å². The molecule has 0 bridgehead atoms. The number of hydrazone groups is 1. The summed E-state index contributed by atoms with van der Waals surface area (Å²) in [6, 6.07) is 9.66. The number of benzene rings is 1. The van der Waals surface area contributed by atoms with E-state index >= 15 is 0 Å². The van der Waals surface area contributed by atoms with Crippen molar-refractivity contribution in [2.75, 3.05) is 5.43 Å². The molecule has 0 saturated carbocycles. The highest BCUT2D eigenvalue weighted by atomic mass is 79.9. The maximum Gasteiger partial charge on any atom is 0.153 e. The molecule has 1 aromatic heterocycles. The van der Waals surface area contributed by atoms with Crippen molar-refractivity contribution in [3.8, 4) is 0 Å². The summed E-state index contributed by atoms with van der Waals surface area (Å²) in [6.07, 6.45) is 1.87. The Bertz CT molecular complexity index is 531. The molecule has 0 amide bonds. The van der Waals surface area contributed by atoms with Crippen LogP contribution in [0.25, 0.3) is 0 Å². The number of halogens is 2. The smallest absolute Gasteiger partial charge is 0.153 e. The lowest BCUT2D eigenvalue weighted by Gasteiger charge is -2.00. The summed E-state index contributed by atoms with van der Waals surface area (Å²) in [5, 5.41) is 8.43. The van der Waals surface area contributed by atoms with Crippen molar-refractivity contribution in [1.29, 1.82) is 0 Å². The number of aromatic nitrogens is 2. The van der Waals surface area contributed by atoms with E-state index in [2.05, 4.69) is 47.5 Å². The Hall–Kier alpha value is -1.14. The van der Waals surface area contributed by atoms with Crippen LogP contribution in [-0.2, 0) is 7.05 Å². The highest BCUT2D eigenvalue weighted by molar-refractivity contribution is 9.18. The average molecular weight is 358 g/mol. The van der Waals surface area contributed by atoms with Crippen LogP contribution >= 0.6 is 31.9 Å². The number of hydrogen-bond donors (Lipinski definition) is 1. The van der Waals surface area contributed by atoms with E-state index in [1.54, 1.807) is 4.68 Å². The molecule has 0 spiro atoms. The first-order chi connectivity index (χ1) is 8.15. The maximum atomic E-state index is 4.23. The van der Waals surface area contributed by atoms with Crippen molar-refractivity contribution >= 4 is 42.2 Å². The van der Waals surface area contributed by atoms with Gasteiger partial charge in [0.2, 0.25) is 0 Å². The molecule has 1 heterocycles. The minimum atomic E-state index is 0.668. The summed E-state index contributed by atoms with van der Waals surface area (Å²) in [5.74, 6) is 0. The summed E-state index contributed by atoms with van der Waals surface area (Å²) in [5.41, 5.74) is 4.66. The highest BCUT2D eigenvalue weighted by Crippen LogP contribution is 2.14. The Morgan fingerprint density at radius 1 is 1.29 bits per heavy atom. The first-order valence-electron chi connectivity index (χ1n) is 4.90. The van der Waals surface area contributed by atoms with Gasteiger partial charge in [-0.3, -0.25) is 10.1 Å². The lowest BCUT2D eigenvalue weighted by Crippen LogP contribution is -1.99. The highest BCUT2D eigenvalue weighted by Gasteiger charge is 2.02. The number of nitrogens with zero attached hydrogens (tertiary/aromatic N) is 3. The van der Waals surface area contributed by atoms with Gasteiger partial charge in [0.05, 0.1) is 5.69 Å². The van der Waals surface area contributed by atoms with E-state index in [-0.39, 0.29) is 0 Å². The zero-order valence-corrected chi connectivity index (χ0v) is 12.2. The molecule has 2 rings (SSSR count). The molecule has 0 radical (unpaired) electrons. The summed E-state index contributed by atoms with van der Waals surface area (Å²) in [6.45, 7) is 0. The molecule has 0 aliphatic carbocycles. The minimum absolute atomic E-state index is 0.668. The van der Waals surface area contributed by atoms with Gasteiger partial charge in [0.1, 0.15) is 5.69 Å². The second kappa shape index (κ2) is 5.46. The lowest BCUT2D eigenvalue weighted by atomic mass is 10.3. The van der Waals surface area contributed by atoms with Crippen LogP contribution in [0.5, 0.6) is 0 Å². The van der Waals surface area contributed by atoms with Crippen LogP contribution in [0.15, 0.2) is 46.1 Å². The molecule has 0 aliphatic rings. The molecule has 1 aromatic carbocycles. The first kappa shape index (κ1) is 12.3. The molecule has 0 fully saturated rings. The minimum Gasteiger partial charge on any atom is -0.277 e. The Labute approximate surface area is 116 Å². The SMILES string of the molecule is Cn1ccc(C(Br)=NNc2ccc(Br)cc2)n1. The van der Waals surface area contributed by atoms with Crippen LogP contribution in [0.4, 0.5) is 5.69 Å². The van der Waals surface area contributed by atoms with Crippen LogP contribution in [-0.4, -0.2) is 14.4 Å². The quantitative estimate of drug-likeness (QED) is 0.676. The van der Waals surface area contributed by atoms with Gasteiger partial charge < -0.3 is 0 Å². The van der Waals surface area contributed by atoms with Gasteiger partial charge in [-0.1, -0.05) is 15.9 Å². The molecule has 17 heavy (non-hydrogen) atoms. The zero-order valence-electron chi connectivity index (χ0n) is 9.06. The Morgan fingerprint density at radius 3 is 2.59 bits per heavy atom. The molecule has 2 aromatic rings. The van der Waals surface area contributed by atoms with Gasteiger partial charge in [-0.25, -0.2) is 0 Å². The van der Waals surface area contributed by atoms with Crippen molar-refractivity contribution < 1.29 is 0 Å². The van der Waals surface area contributed by atoms with Gasteiger partial charge in [0.25, 0.3) is 0 Å². The van der Waals surface area contributed by atoms with Gasteiger partial charge in [0.15, 0.2) is 4.62 Å². The van der Waals surface area contributed by atoms with Gasteiger partial charge >= 0.3 is 0 Å². The van der Waals surface area contributed by atoms with Crippen molar-refractivity contribution in [2.24, 2.45) is 12.1 Å². The van der Waals surface area contributed by atoms with Gasteiger partial charge in [-0.05, 0) is 46.3 Å². The third-order valence-electron chi connectivity index (χ3n) is 2.05. The van der Waals surface area contributed by atoms with Crippen LogP contribution in [0.3, 0.4) is 0 Å². The van der Waals surface area contributed by atoms with Gasteiger partial charge in [-0.2, -0.15) is 10.2 Å². The van der Waals surface area contributed by atoms with Crippen molar-refractivity contribution in [3.05, 3.63) is 46.7 Å². The van der Waals surface area contributed by atoms with E-state index in [1.165, 1.54) is 0 Å². The molecule has 1 N–H and O–H groups in total. The van der Waals surface area contributed by atoms with E-state index in [1.807, 2.05) is 43.6 Å². The van der Waals surface area contributed by atoms with Crippen molar-refractivity contribution in [3.63, 3.8) is 0 Å². The Kier molecular flexibility index (Phi) is 3.96. The molecule has 0 unspecified atom stereocenters. The predicted molar refractivity (Wildman–Crippen MR) is 76.4 cm³/mol. The van der Waals surface area contributed by atoms with Gasteiger partial charge in [0, 0.05) is 17.7 Å². The number of aryl methyl sites for hydroxylation is 1. The molecule has 88 valence electrons. The Balaban J connectivity index is 2.08. The van der Waals surface area contributed by atoms with E-state index in [9.17, 15) is 0 Å². The molecule has 6 heteroatoms. The second-order valence-electron chi connectivity index (χ2n) is 3.40. The first-order valence-corrected chi connectivity index (χ1v) is 6.48. The predicted octanol–water partition coefficient (Wildman–Crippen LogP) is 3.35. The average Bonchev–Trinajstić information content (AvgIpc) is 2.75. The third-order valence-corrected chi connectivity index (χ3v) is 3.16. The molecular formula is C11H10Br2N4. The monoisotopic (exact) mass is 356 g/mol. The van der Waals surface area contributed by atoms with E-state index in [0.717, 1.165) is 15.9 Å². The van der Waals surface area contributed by atoms with Crippen molar-refractivity contribution in [1.82, 2.24) is 9.78 Å². The topological polar surface area (TPSA) is 42.2 Å².